The van der Waals surface area contributed by atoms with Crippen molar-refractivity contribution in [2.24, 2.45) is 11.5 Å². The van der Waals surface area contributed by atoms with Crippen molar-refractivity contribution in [2.75, 3.05) is 0 Å². The maximum absolute atomic E-state index is 13.4. The molecule has 4 aromatic rings. The first-order valence-corrected chi connectivity index (χ1v) is 9.90. The van der Waals surface area contributed by atoms with E-state index in [2.05, 4.69) is 0 Å². The van der Waals surface area contributed by atoms with Crippen molar-refractivity contribution in [3.63, 3.8) is 0 Å². The first-order chi connectivity index (χ1) is 14.8. The lowest BCUT2D eigenvalue weighted by molar-refractivity contribution is 0.700. The van der Waals surface area contributed by atoms with Crippen molar-refractivity contribution in [1.82, 2.24) is 9.13 Å². The fourth-order valence-electron chi connectivity index (χ4n) is 3.80. The van der Waals surface area contributed by atoms with Crippen LogP contribution in [0.4, 0.5) is 0 Å². The number of benzene rings is 3. The third-order valence-electron chi connectivity index (χ3n) is 5.45. The lowest BCUT2D eigenvalue weighted by Crippen LogP contribution is -2.25. The normalized spacial score (nSPS) is 11.0. The largest absolute Gasteiger partial charge is 0.384 e. The molecule has 0 spiro atoms. The van der Waals surface area contributed by atoms with Crippen LogP contribution in [0, 0.1) is 17.7 Å². The summed E-state index contributed by atoms with van der Waals surface area (Å²) in [4.78, 5) is 13.4. The van der Waals surface area contributed by atoms with Crippen LogP contribution in [0.1, 0.15) is 27.8 Å². The number of nitrogens with two attached hydrogens (primary N) is 2. The molecule has 1 heterocycles. The van der Waals surface area contributed by atoms with Crippen molar-refractivity contribution in [2.45, 2.75) is 20.0 Å². The number of nitrogens with one attached hydrogen (secondary N) is 2. The summed E-state index contributed by atoms with van der Waals surface area (Å²) < 4.78 is 3.56. The van der Waals surface area contributed by atoms with E-state index < -0.39 is 0 Å². The summed E-state index contributed by atoms with van der Waals surface area (Å²) in [5.74, 6) is 0.0405. The van der Waals surface area contributed by atoms with E-state index >= 15 is 0 Å². The molecule has 0 unspecified atom stereocenters. The van der Waals surface area contributed by atoms with Gasteiger partial charge in [-0.15, -0.1) is 0 Å². The van der Waals surface area contributed by atoms with Crippen LogP contribution in [0.15, 0.2) is 71.5 Å². The van der Waals surface area contributed by atoms with Gasteiger partial charge in [-0.3, -0.25) is 20.0 Å². The SMILES string of the molecule is Cc1cccc2c1n(Cc1ccc(C(=N)N)cc1)c(=O)n2Cc1ccc(C(=N)N)cc1. The second-order valence-electron chi connectivity index (χ2n) is 7.62. The van der Waals surface area contributed by atoms with Gasteiger partial charge in [-0.25, -0.2) is 4.79 Å². The Bertz CT molecular complexity index is 1340. The van der Waals surface area contributed by atoms with Gasteiger partial charge in [0.25, 0.3) is 0 Å². The molecule has 3 aromatic carbocycles. The minimum Gasteiger partial charge on any atom is -0.384 e. The number of hydrogen-bond acceptors (Lipinski definition) is 3. The number of nitrogens with zero attached hydrogens (tertiary/aromatic N) is 2. The molecule has 6 N–H and O–H groups in total. The summed E-state index contributed by atoms with van der Waals surface area (Å²) >= 11 is 0. The average Bonchev–Trinajstić information content (AvgIpc) is 3.01. The van der Waals surface area contributed by atoms with Crippen LogP contribution >= 0.6 is 0 Å². The highest BCUT2D eigenvalue weighted by Gasteiger charge is 2.16. The molecular weight excluding hydrogens is 388 g/mol. The molecule has 0 fully saturated rings. The molecule has 0 atom stereocenters. The summed E-state index contributed by atoms with van der Waals surface area (Å²) in [5, 5.41) is 15.1. The number of aromatic nitrogens is 2. The number of hydrogen-bond donors (Lipinski definition) is 4. The predicted molar refractivity (Wildman–Crippen MR) is 124 cm³/mol. The summed E-state index contributed by atoms with van der Waals surface area (Å²) in [7, 11) is 0. The Balaban J connectivity index is 1.76. The zero-order valence-electron chi connectivity index (χ0n) is 17.2. The van der Waals surface area contributed by atoms with Gasteiger partial charge in [-0.2, -0.15) is 0 Å². The molecule has 156 valence electrons. The van der Waals surface area contributed by atoms with E-state index in [4.69, 9.17) is 22.3 Å². The molecule has 0 amide bonds. The fraction of sp³-hybridized carbons (Fsp3) is 0.125. The zero-order chi connectivity index (χ0) is 22.1. The standard InChI is InChI=1S/C24H24N6O/c1-15-3-2-4-20-21(15)30(14-17-7-11-19(12-8-17)23(27)28)24(31)29(20)13-16-5-9-18(10-6-16)22(25)26/h2-12H,13-14H2,1H3,(H3,25,26)(H3,27,28). The molecule has 0 aliphatic carbocycles. The van der Waals surface area contributed by atoms with Gasteiger partial charge in [0.15, 0.2) is 0 Å². The van der Waals surface area contributed by atoms with Crippen molar-refractivity contribution in [1.29, 1.82) is 10.8 Å². The van der Waals surface area contributed by atoms with Crippen molar-refractivity contribution in [3.05, 3.63) is 105 Å². The third kappa shape index (κ3) is 3.85. The minimum atomic E-state index is -0.0874. The fourth-order valence-corrected chi connectivity index (χ4v) is 3.80. The molecule has 0 aliphatic rings. The van der Waals surface area contributed by atoms with Crippen molar-refractivity contribution >= 4 is 22.7 Å². The van der Waals surface area contributed by atoms with Gasteiger partial charge in [0, 0.05) is 11.1 Å². The minimum absolute atomic E-state index is 0.0201. The molecule has 0 radical (unpaired) electrons. The van der Waals surface area contributed by atoms with Gasteiger partial charge in [-0.05, 0) is 29.7 Å². The van der Waals surface area contributed by atoms with E-state index in [0.717, 1.165) is 27.7 Å². The van der Waals surface area contributed by atoms with Gasteiger partial charge in [0.05, 0.1) is 24.1 Å². The van der Waals surface area contributed by atoms with Gasteiger partial charge in [-0.1, -0.05) is 60.7 Å². The second-order valence-corrected chi connectivity index (χ2v) is 7.62. The maximum atomic E-state index is 13.4. The van der Waals surface area contributed by atoms with Gasteiger partial charge >= 0.3 is 5.69 Å². The summed E-state index contributed by atoms with van der Waals surface area (Å²) in [5.41, 5.74) is 17.0. The Morgan fingerprint density at radius 3 is 1.74 bits per heavy atom. The number of nitrogen functional groups attached to an aromatic ring is 2. The van der Waals surface area contributed by atoms with Crippen LogP contribution in [0.3, 0.4) is 0 Å². The molecule has 0 saturated carbocycles. The summed E-state index contributed by atoms with van der Waals surface area (Å²) in [6.07, 6.45) is 0. The van der Waals surface area contributed by atoms with Gasteiger partial charge in [0.1, 0.15) is 11.7 Å². The van der Waals surface area contributed by atoms with E-state index in [0.29, 0.717) is 24.2 Å². The third-order valence-corrected chi connectivity index (χ3v) is 5.45. The van der Waals surface area contributed by atoms with E-state index in [1.165, 1.54) is 0 Å². The van der Waals surface area contributed by atoms with Crippen LogP contribution in [-0.2, 0) is 13.1 Å². The number of amidine groups is 2. The first kappa shape index (κ1) is 20.2. The van der Waals surface area contributed by atoms with E-state index in [9.17, 15) is 4.79 Å². The summed E-state index contributed by atoms with van der Waals surface area (Å²) in [6.45, 7) is 2.85. The van der Waals surface area contributed by atoms with Crippen LogP contribution in [0.2, 0.25) is 0 Å². The Hall–Kier alpha value is -4.13. The molecule has 0 bridgehead atoms. The number of imidazole rings is 1. The van der Waals surface area contributed by atoms with Gasteiger partial charge in [0.2, 0.25) is 0 Å². The molecule has 0 saturated heterocycles. The van der Waals surface area contributed by atoms with E-state index in [-0.39, 0.29) is 17.4 Å². The highest BCUT2D eigenvalue weighted by Crippen LogP contribution is 2.20. The highest BCUT2D eigenvalue weighted by atomic mass is 16.1. The van der Waals surface area contributed by atoms with Crippen LogP contribution in [0.5, 0.6) is 0 Å². The highest BCUT2D eigenvalue weighted by molar-refractivity contribution is 5.95. The molecule has 0 aliphatic heterocycles. The lowest BCUT2D eigenvalue weighted by Gasteiger charge is -2.06. The molecular formula is C24H24N6O. The van der Waals surface area contributed by atoms with Gasteiger partial charge < -0.3 is 11.5 Å². The monoisotopic (exact) mass is 412 g/mol. The van der Waals surface area contributed by atoms with Crippen LogP contribution in [-0.4, -0.2) is 20.8 Å². The second kappa shape index (κ2) is 7.95. The number of para-hydroxylation sites is 1. The smallest absolute Gasteiger partial charge is 0.329 e. The predicted octanol–water partition coefficient (Wildman–Crippen LogP) is 2.78. The molecule has 1 aromatic heterocycles. The van der Waals surface area contributed by atoms with Crippen molar-refractivity contribution in [3.8, 4) is 0 Å². The average molecular weight is 412 g/mol. The Morgan fingerprint density at radius 1 is 0.774 bits per heavy atom. The topological polar surface area (TPSA) is 127 Å². The molecule has 4 rings (SSSR count). The van der Waals surface area contributed by atoms with E-state index in [1.54, 1.807) is 33.4 Å². The van der Waals surface area contributed by atoms with Crippen LogP contribution < -0.4 is 17.2 Å². The van der Waals surface area contributed by atoms with Crippen molar-refractivity contribution < 1.29 is 0 Å². The van der Waals surface area contributed by atoms with Crippen LogP contribution in [0.25, 0.3) is 11.0 Å². The Morgan fingerprint density at radius 2 is 1.26 bits per heavy atom. The quantitative estimate of drug-likeness (QED) is 0.287. The molecule has 7 heteroatoms. The number of fused-ring (bicyclic) bond motifs is 1. The molecule has 7 nitrogen and oxygen atoms in total. The zero-order valence-corrected chi connectivity index (χ0v) is 17.2. The maximum Gasteiger partial charge on any atom is 0.329 e. The Labute approximate surface area is 179 Å². The summed E-state index contributed by atoms with van der Waals surface area (Å²) in [6, 6.07) is 20.7. The lowest BCUT2D eigenvalue weighted by atomic mass is 10.1. The molecule has 31 heavy (non-hydrogen) atoms. The first-order valence-electron chi connectivity index (χ1n) is 9.90. The number of aryl methyl sites for hydroxylation is 1. The van der Waals surface area contributed by atoms with E-state index in [1.807, 2.05) is 49.4 Å². The Kier molecular flexibility index (Phi) is 5.17. The number of rotatable bonds is 6.